The fourth-order valence-electron chi connectivity index (χ4n) is 3.49. The van der Waals surface area contributed by atoms with Crippen LogP contribution < -0.4 is 10.2 Å². The second kappa shape index (κ2) is 7.53. The number of hydrogen-bond acceptors (Lipinski definition) is 4. The quantitative estimate of drug-likeness (QED) is 0.681. The maximum Gasteiger partial charge on any atom is 0.416 e. The van der Waals surface area contributed by atoms with Gasteiger partial charge in [-0.3, -0.25) is 19.3 Å². The Labute approximate surface area is 175 Å². The molecule has 1 aliphatic heterocycles. The van der Waals surface area contributed by atoms with Crippen LogP contribution in [0.3, 0.4) is 0 Å². The monoisotopic (exact) mass is 429 g/mol. The molecular formula is C21H18F3N5O2. The van der Waals surface area contributed by atoms with Gasteiger partial charge in [0.2, 0.25) is 0 Å². The molecule has 31 heavy (non-hydrogen) atoms. The largest absolute Gasteiger partial charge is 0.416 e. The lowest BCUT2D eigenvalue weighted by molar-refractivity contribution is -0.137. The van der Waals surface area contributed by atoms with Gasteiger partial charge in [0.1, 0.15) is 0 Å². The van der Waals surface area contributed by atoms with Gasteiger partial charge in [0, 0.05) is 29.7 Å². The number of alkyl halides is 3. The van der Waals surface area contributed by atoms with Crippen molar-refractivity contribution in [2.45, 2.75) is 26.1 Å². The highest BCUT2D eigenvalue weighted by Gasteiger charge is 2.35. The molecule has 0 bridgehead atoms. The summed E-state index contributed by atoms with van der Waals surface area (Å²) in [7, 11) is 0. The Hall–Kier alpha value is -3.69. The summed E-state index contributed by atoms with van der Waals surface area (Å²) in [5.41, 5.74) is 0.982. The van der Waals surface area contributed by atoms with Crippen molar-refractivity contribution < 1.29 is 22.8 Å². The summed E-state index contributed by atoms with van der Waals surface area (Å²) in [5.74, 6) is -0.884. The highest BCUT2D eigenvalue weighted by Crippen LogP contribution is 2.33. The molecule has 2 amide bonds. The Kier molecular flexibility index (Phi) is 5.00. The molecule has 0 spiro atoms. The molecule has 0 fully saturated rings. The van der Waals surface area contributed by atoms with E-state index in [4.69, 9.17) is 0 Å². The van der Waals surface area contributed by atoms with Gasteiger partial charge in [-0.05, 0) is 50.2 Å². The number of fused-ring (bicyclic) bond motifs is 1. The fourth-order valence-corrected chi connectivity index (χ4v) is 3.49. The van der Waals surface area contributed by atoms with E-state index in [1.165, 1.54) is 34.1 Å². The van der Waals surface area contributed by atoms with Crippen LogP contribution in [0.5, 0.6) is 0 Å². The number of rotatable bonds is 3. The van der Waals surface area contributed by atoms with Gasteiger partial charge in [-0.2, -0.15) is 18.3 Å². The molecule has 0 aliphatic carbocycles. The first-order valence-electron chi connectivity index (χ1n) is 9.46. The number of hydrogen-bond donors (Lipinski definition) is 1. The van der Waals surface area contributed by atoms with Crippen LogP contribution in [-0.4, -0.2) is 33.1 Å². The normalized spacial score (nSPS) is 16.2. The molecule has 0 unspecified atom stereocenters. The second-order valence-corrected chi connectivity index (χ2v) is 7.30. The van der Waals surface area contributed by atoms with E-state index in [-0.39, 0.29) is 24.0 Å². The average Bonchev–Trinajstić information content (AvgIpc) is 3.14. The minimum absolute atomic E-state index is 0.165. The first-order valence-corrected chi connectivity index (χ1v) is 9.46. The van der Waals surface area contributed by atoms with Gasteiger partial charge >= 0.3 is 6.18 Å². The molecule has 1 atom stereocenters. The maximum absolute atomic E-state index is 13.2. The van der Waals surface area contributed by atoms with Crippen LogP contribution in [0.25, 0.3) is 0 Å². The molecule has 2 aromatic heterocycles. The molecular weight excluding hydrogens is 411 g/mol. The number of halogens is 3. The molecule has 1 N–H and O–H groups in total. The number of nitrogens with one attached hydrogen (secondary N) is 1. The van der Waals surface area contributed by atoms with Crippen LogP contribution in [-0.2, 0) is 6.18 Å². The average molecular weight is 429 g/mol. The SMILES string of the molecule is Cc1cc(C(=O)Nc2cnn3c2C(=O)N(c2ccc(C(F)(F)F)cc2)C[C@@H]3C)ccn1. The zero-order chi connectivity index (χ0) is 22.3. The zero-order valence-corrected chi connectivity index (χ0v) is 16.6. The number of carbonyl (C=O) groups excluding carboxylic acids is 2. The number of benzene rings is 1. The van der Waals surface area contributed by atoms with E-state index >= 15 is 0 Å². The molecule has 160 valence electrons. The van der Waals surface area contributed by atoms with E-state index in [9.17, 15) is 22.8 Å². The number of aryl methyl sites for hydroxylation is 1. The van der Waals surface area contributed by atoms with E-state index in [0.717, 1.165) is 12.1 Å². The van der Waals surface area contributed by atoms with Gasteiger partial charge < -0.3 is 10.2 Å². The fraction of sp³-hybridized carbons (Fsp3) is 0.238. The molecule has 3 heterocycles. The molecule has 0 saturated heterocycles. The first kappa shape index (κ1) is 20.6. The Morgan fingerprint density at radius 2 is 1.90 bits per heavy atom. The van der Waals surface area contributed by atoms with Crippen molar-refractivity contribution in [3.05, 3.63) is 71.3 Å². The second-order valence-electron chi connectivity index (χ2n) is 7.30. The van der Waals surface area contributed by atoms with Crippen molar-refractivity contribution in [1.82, 2.24) is 14.8 Å². The molecule has 4 rings (SSSR count). The maximum atomic E-state index is 13.2. The van der Waals surface area contributed by atoms with E-state index in [2.05, 4.69) is 15.4 Å². The van der Waals surface area contributed by atoms with Crippen LogP contribution in [0.15, 0.2) is 48.8 Å². The predicted molar refractivity (Wildman–Crippen MR) is 107 cm³/mol. The summed E-state index contributed by atoms with van der Waals surface area (Å²) in [5, 5.41) is 6.92. The number of nitrogens with zero attached hydrogens (tertiary/aromatic N) is 4. The van der Waals surface area contributed by atoms with Gasteiger partial charge in [-0.1, -0.05) is 0 Å². The lowest BCUT2D eigenvalue weighted by Gasteiger charge is -2.32. The van der Waals surface area contributed by atoms with Crippen LogP contribution in [0.4, 0.5) is 24.5 Å². The Balaban J connectivity index is 1.63. The number of amides is 2. The molecule has 7 nitrogen and oxygen atoms in total. The van der Waals surface area contributed by atoms with Gasteiger partial charge in [-0.15, -0.1) is 0 Å². The Bertz CT molecular complexity index is 1150. The van der Waals surface area contributed by atoms with E-state index in [1.807, 2.05) is 6.92 Å². The topological polar surface area (TPSA) is 80.1 Å². The van der Waals surface area contributed by atoms with Crippen molar-refractivity contribution in [2.24, 2.45) is 0 Å². The van der Waals surface area contributed by atoms with Gasteiger partial charge in [0.05, 0.1) is 23.5 Å². The Morgan fingerprint density at radius 1 is 1.19 bits per heavy atom. The zero-order valence-electron chi connectivity index (χ0n) is 16.6. The third-order valence-electron chi connectivity index (χ3n) is 5.02. The lowest BCUT2D eigenvalue weighted by atomic mass is 10.1. The van der Waals surface area contributed by atoms with Crippen LogP contribution in [0.2, 0.25) is 0 Å². The molecule has 1 aliphatic rings. The van der Waals surface area contributed by atoms with E-state index < -0.39 is 23.6 Å². The molecule has 0 radical (unpaired) electrons. The molecule has 1 aromatic carbocycles. The number of anilines is 2. The molecule has 10 heteroatoms. The summed E-state index contributed by atoms with van der Waals surface area (Å²) >= 11 is 0. The molecule has 3 aromatic rings. The summed E-state index contributed by atoms with van der Waals surface area (Å²) in [4.78, 5) is 31.2. The first-order chi connectivity index (χ1) is 14.6. The van der Waals surface area contributed by atoms with Gasteiger partial charge in [0.25, 0.3) is 11.8 Å². The van der Waals surface area contributed by atoms with Crippen molar-refractivity contribution in [2.75, 3.05) is 16.8 Å². The van der Waals surface area contributed by atoms with Crippen molar-refractivity contribution in [1.29, 1.82) is 0 Å². The summed E-state index contributed by atoms with van der Waals surface area (Å²) in [6.45, 7) is 3.82. The summed E-state index contributed by atoms with van der Waals surface area (Å²) in [6, 6.07) is 7.32. The number of aromatic nitrogens is 3. The van der Waals surface area contributed by atoms with Crippen molar-refractivity contribution >= 4 is 23.2 Å². The summed E-state index contributed by atoms with van der Waals surface area (Å²) < 4.78 is 40.1. The van der Waals surface area contributed by atoms with Gasteiger partial charge in [0.15, 0.2) is 5.69 Å². The molecule has 0 saturated carbocycles. The Morgan fingerprint density at radius 3 is 2.55 bits per heavy atom. The lowest BCUT2D eigenvalue weighted by Crippen LogP contribution is -2.43. The standard InChI is InChI=1S/C21H18F3N5O2/c1-12-9-14(7-8-25-12)19(30)27-17-10-26-29-13(2)11-28(20(31)18(17)29)16-5-3-15(4-6-16)21(22,23)24/h3-10,13H,11H2,1-2H3,(H,27,30)/t13-/m0/s1. The van der Waals surface area contributed by atoms with Crippen LogP contribution in [0, 0.1) is 6.92 Å². The minimum Gasteiger partial charge on any atom is -0.319 e. The van der Waals surface area contributed by atoms with E-state index in [0.29, 0.717) is 16.9 Å². The highest BCUT2D eigenvalue weighted by molar-refractivity contribution is 6.13. The van der Waals surface area contributed by atoms with Crippen molar-refractivity contribution in [3.63, 3.8) is 0 Å². The van der Waals surface area contributed by atoms with Crippen LogP contribution >= 0.6 is 0 Å². The summed E-state index contributed by atoms with van der Waals surface area (Å²) in [6.07, 6.45) is -1.55. The van der Waals surface area contributed by atoms with Crippen LogP contribution in [0.1, 0.15) is 45.1 Å². The minimum atomic E-state index is -4.46. The number of pyridine rings is 1. The predicted octanol–water partition coefficient (Wildman–Crippen LogP) is 4.08. The number of carbonyl (C=O) groups is 2. The smallest absolute Gasteiger partial charge is 0.319 e. The van der Waals surface area contributed by atoms with Gasteiger partial charge in [-0.25, -0.2) is 0 Å². The third-order valence-corrected chi connectivity index (χ3v) is 5.02. The third kappa shape index (κ3) is 3.88. The van der Waals surface area contributed by atoms with Crippen molar-refractivity contribution in [3.8, 4) is 0 Å². The highest BCUT2D eigenvalue weighted by atomic mass is 19.4. The van der Waals surface area contributed by atoms with E-state index in [1.54, 1.807) is 19.1 Å².